The molecule has 11 nitrogen and oxygen atoms in total. The van der Waals surface area contributed by atoms with Crippen molar-refractivity contribution in [2.24, 2.45) is 0 Å². The van der Waals surface area contributed by atoms with Crippen LogP contribution in [0.2, 0.25) is 0 Å². The lowest BCUT2D eigenvalue weighted by molar-refractivity contribution is -0.139. The molecular formula is C28H30F4N6O5. The van der Waals surface area contributed by atoms with Crippen molar-refractivity contribution in [3.05, 3.63) is 64.6 Å². The number of anilines is 2. The molecule has 3 aromatic rings. The molecule has 1 saturated heterocycles. The monoisotopic (exact) mass is 606 g/mol. The van der Waals surface area contributed by atoms with Crippen LogP contribution >= 0.6 is 0 Å². The average Bonchev–Trinajstić information content (AvgIpc) is 3.30. The number of ether oxygens (including phenoxy) is 2. The molecule has 0 aliphatic carbocycles. The molecule has 2 aliphatic rings. The number of alkyl halides is 3. The molecule has 15 heteroatoms. The Morgan fingerprint density at radius 1 is 1.14 bits per heavy atom. The Bertz CT molecular complexity index is 1500. The number of rotatable bonds is 9. The van der Waals surface area contributed by atoms with Gasteiger partial charge in [-0.25, -0.2) is 14.4 Å². The molecule has 0 radical (unpaired) electrons. The number of methoxy groups -OCH3 is 1. The molecule has 43 heavy (non-hydrogen) atoms. The molecule has 1 atom stereocenters. The Hall–Kier alpha value is -4.05. The van der Waals surface area contributed by atoms with Gasteiger partial charge < -0.3 is 24.8 Å². The number of fused-ring (bicyclic) bond motifs is 1. The van der Waals surface area contributed by atoms with Gasteiger partial charge in [0.1, 0.15) is 29.1 Å². The summed E-state index contributed by atoms with van der Waals surface area (Å²) in [4.78, 5) is 27.5. The van der Waals surface area contributed by atoms with E-state index in [-0.39, 0.29) is 46.8 Å². The van der Waals surface area contributed by atoms with Crippen LogP contribution in [0.25, 0.3) is 0 Å². The van der Waals surface area contributed by atoms with Gasteiger partial charge in [-0.1, -0.05) is 12.1 Å². The number of aliphatic hydroxyl groups is 1. The van der Waals surface area contributed by atoms with Gasteiger partial charge in [-0.3, -0.25) is 14.9 Å². The number of aromatic nitrogens is 2. The first-order chi connectivity index (χ1) is 20.5. The number of carbonyl (C=O) groups excluding carboxylic acids is 1. The Balaban J connectivity index is 1.42. The van der Waals surface area contributed by atoms with Gasteiger partial charge in [-0.2, -0.15) is 18.2 Å². The Labute approximate surface area is 244 Å². The third kappa shape index (κ3) is 6.49. The third-order valence-corrected chi connectivity index (χ3v) is 7.33. The number of hydroxylamine groups is 2. The van der Waals surface area contributed by atoms with Crippen LogP contribution in [0.4, 0.5) is 29.2 Å². The van der Waals surface area contributed by atoms with Crippen LogP contribution in [0.3, 0.4) is 0 Å². The van der Waals surface area contributed by atoms with Gasteiger partial charge in [-0.15, -0.1) is 0 Å². The number of aliphatic hydroxyl groups excluding tert-OH is 1. The van der Waals surface area contributed by atoms with Gasteiger partial charge in [0.05, 0.1) is 32.0 Å². The predicted octanol–water partition coefficient (Wildman–Crippen LogP) is 4.37. The fourth-order valence-corrected chi connectivity index (χ4v) is 4.99. The van der Waals surface area contributed by atoms with Gasteiger partial charge in [0.25, 0.3) is 5.91 Å². The van der Waals surface area contributed by atoms with E-state index in [4.69, 9.17) is 14.3 Å². The minimum Gasteiger partial charge on any atom is -0.495 e. The molecule has 1 unspecified atom stereocenters. The number of carbonyl (C=O) groups is 1. The van der Waals surface area contributed by atoms with Crippen LogP contribution in [0.1, 0.15) is 46.1 Å². The number of nitrogens with one attached hydrogen (secondary N) is 2. The Morgan fingerprint density at radius 2 is 1.88 bits per heavy atom. The maximum absolute atomic E-state index is 15.2. The highest BCUT2D eigenvalue weighted by molar-refractivity contribution is 6.00. The zero-order chi connectivity index (χ0) is 30.9. The maximum atomic E-state index is 15.2. The van der Waals surface area contributed by atoms with E-state index < -0.39 is 35.6 Å². The molecule has 1 aromatic heterocycles. The van der Waals surface area contributed by atoms with Gasteiger partial charge in [0.15, 0.2) is 0 Å². The van der Waals surface area contributed by atoms with Gasteiger partial charge >= 0.3 is 6.18 Å². The second-order valence-electron chi connectivity index (χ2n) is 10.2. The second-order valence-corrected chi connectivity index (χ2v) is 10.2. The highest BCUT2D eigenvalue weighted by Crippen LogP contribution is 2.40. The highest BCUT2D eigenvalue weighted by atomic mass is 19.4. The molecular weight excluding hydrogens is 576 g/mol. The van der Waals surface area contributed by atoms with Crippen molar-refractivity contribution in [3.8, 4) is 17.4 Å². The summed E-state index contributed by atoms with van der Waals surface area (Å²) < 4.78 is 67.7. The minimum absolute atomic E-state index is 0.00698. The summed E-state index contributed by atoms with van der Waals surface area (Å²) >= 11 is 0. The van der Waals surface area contributed by atoms with E-state index in [0.29, 0.717) is 11.8 Å². The number of amides is 1. The number of nitrogens with zero attached hydrogens (tertiary/aromatic N) is 4. The first-order valence-corrected chi connectivity index (χ1v) is 13.4. The molecule has 2 aromatic carbocycles. The smallest absolute Gasteiger partial charge is 0.423 e. The lowest BCUT2D eigenvalue weighted by atomic mass is 10.0. The average molecular weight is 607 g/mol. The summed E-state index contributed by atoms with van der Waals surface area (Å²) in [5.74, 6) is -2.69. The van der Waals surface area contributed by atoms with Crippen LogP contribution in [-0.2, 0) is 17.6 Å². The Kier molecular flexibility index (Phi) is 8.69. The summed E-state index contributed by atoms with van der Waals surface area (Å²) in [7, 11) is 4.62. The number of hydrogen-bond acceptors (Lipinski definition) is 10. The number of hydrogen-bond donors (Lipinski definition) is 3. The van der Waals surface area contributed by atoms with E-state index in [9.17, 15) is 23.1 Å². The first-order valence-electron chi connectivity index (χ1n) is 13.4. The summed E-state index contributed by atoms with van der Waals surface area (Å²) in [5, 5.41) is 17.4. The van der Waals surface area contributed by atoms with Crippen LogP contribution in [0.15, 0.2) is 36.5 Å². The third-order valence-electron chi connectivity index (χ3n) is 7.33. The van der Waals surface area contributed by atoms with Crippen molar-refractivity contribution >= 4 is 17.5 Å². The summed E-state index contributed by atoms with van der Waals surface area (Å²) in [6.07, 6.45) is -4.12. The fraction of sp³-hybridized carbons (Fsp3) is 0.393. The molecule has 1 fully saturated rings. The van der Waals surface area contributed by atoms with Crippen molar-refractivity contribution in [1.29, 1.82) is 0 Å². The van der Waals surface area contributed by atoms with E-state index >= 15 is 4.39 Å². The minimum atomic E-state index is -4.89. The first kappa shape index (κ1) is 30.4. The molecule has 3 N–H and O–H groups in total. The lowest BCUT2D eigenvalue weighted by Gasteiger charge is -2.31. The van der Waals surface area contributed by atoms with Crippen LogP contribution in [0.5, 0.6) is 17.4 Å². The van der Waals surface area contributed by atoms with Crippen LogP contribution in [-0.4, -0.2) is 71.3 Å². The molecule has 0 spiro atoms. The van der Waals surface area contributed by atoms with Gasteiger partial charge in [0.2, 0.25) is 11.8 Å². The quantitative estimate of drug-likeness (QED) is 0.239. The Morgan fingerprint density at radius 3 is 2.56 bits per heavy atom. The largest absolute Gasteiger partial charge is 0.495 e. The summed E-state index contributed by atoms with van der Waals surface area (Å²) in [5.41, 5.74) is -0.824. The standard InChI is InChI=1S/C28H30F4N6O5/c1-37-9-7-16(8-10-37)34-24(39)17-11-22(41-2)20(12-19(17)29)35-27-33-13-18(28(30,31)32)25(36-27)43-21-6-4-5-15-14-38(42-3)26(40)23(15)21/h4-6,11-13,16,24,34,39H,7-10,14H2,1-3H3,(H,33,35,36). The number of halogens is 4. The highest BCUT2D eigenvalue weighted by Gasteiger charge is 2.38. The number of piperidine rings is 1. The lowest BCUT2D eigenvalue weighted by Crippen LogP contribution is -2.42. The molecule has 230 valence electrons. The van der Waals surface area contributed by atoms with Crippen LogP contribution in [0, 0.1) is 5.82 Å². The van der Waals surface area contributed by atoms with Crippen molar-refractivity contribution in [3.63, 3.8) is 0 Å². The zero-order valence-electron chi connectivity index (χ0n) is 23.5. The van der Waals surface area contributed by atoms with Crippen molar-refractivity contribution in [2.45, 2.75) is 37.8 Å². The molecule has 1 amide bonds. The SMILES string of the molecule is COc1cc(C(O)NC2CCN(C)CC2)c(F)cc1Nc1ncc(C(F)(F)F)c(Oc2cccc3c2C(=O)N(OC)C3)n1. The van der Waals surface area contributed by atoms with Gasteiger partial charge in [-0.05, 0) is 50.7 Å². The number of likely N-dealkylation sites (tertiary alicyclic amines) is 1. The van der Waals surface area contributed by atoms with Crippen molar-refractivity contribution in [1.82, 2.24) is 25.2 Å². The second kappa shape index (κ2) is 12.3. The fourth-order valence-electron chi connectivity index (χ4n) is 4.99. The van der Waals surface area contributed by atoms with E-state index in [1.165, 1.54) is 32.4 Å². The van der Waals surface area contributed by atoms with Crippen LogP contribution < -0.4 is 20.1 Å². The zero-order valence-corrected chi connectivity index (χ0v) is 23.5. The summed E-state index contributed by atoms with van der Waals surface area (Å²) in [6, 6.07) is 6.80. The molecule has 0 bridgehead atoms. The van der Waals surface area contributed by atoms with E-state index in [2.05, 4.69) is 25.5 Å². The van der Waals surface area contributed by atoms with E-state index in [1.807, 2.05) is 7.05 Å². The molecule has 2 aliphatic heterocycles. The molecule has 3 heterocycles. The van der Waals surface area contributed by atoms with E-state index in [0.717, 1.165) is 37.1 Å². The normalized spacial score (nSPS) is 16.7. The number of benzene rings is 2. The topological polar surface area (TPSA) is 121 Å². The summed E-state index contributed by atoms with van der Waals surface area (Å²) in [6.45, 7) is 1.77. The predicted molar refractivity (Wildman–Crippen MR) is 145 cm³/mol. The molecule has 0 saturated carbocycles. The van der Waals surface area contributed by atoms with Crippen molar-refractivity contribution < 1.29 is 41.8 Å². The van der Waals surface area contributed by atoms with Gasteiger partial charge in [0, 0.05) is 23.9 Å². The maximum Gasteiger partial charge on any atom is 0.423 e. The van der Waals surface area contributed by atoms with Crippen molar-refractivity contribution in [2.75, 3.05) is 39.7 Å². The van der Waals surface area contributed by atoms with E-state index in [1.54, 1.807) is 6.07 Å². The molecule has 5 rings (SSSR count).